The average molecular weight is 441 g/mol. The second-order valence-electron chi connectivity index (χ2n) is 7.92. The quantitative estimate of drug-likeness (QED) is 0.777. The monoisotopic (exact) mass is 440 g/mol. The number of nitrogens with zero attached hydrogens (tertiary/aromatic N) is 1. The summed E-state index contributed by atoms with van der Waals surface area (Å²) >= 11 is 3.45. The highest BCUT2D eigenvalue weighted by molar-refractivity contribution is 9.10. The Balaban J connectivity index is 1.70. The van der Waals surface area contributed by atoms with Crippen LogP contribution in [-0.2, 0) is 21.2 Å². The van der Waals surface area contributed by atoms with Crippen molar-refractivity contribution in [2.75, 3.05) is 11.4 Å². The first-order valence-electron chi connectivity index (χ1n) is 9.53. The summed E-state index contributed by atoms with van der Waals surface area (Å²) in [5.74, 6) is 0.489. The maximum Gasteiger partial charge on any atom is 0.242 e. The zero-order valence-corrected chi connectivity index (χ0v) is 17.4. The van der Waals surface area contributed by atoms with Gasteiger partial charge in [-0.05, 0) is 55.7 Å². The second-order valence-corrected chi connectivity index (χ2v) is 10.5. The lowest BCUT2D eigenvalue weighted by Gasteiger charge is -2.30. The summed E-state index contributed by atoms with van der Waals surface area (Å²) in [6.07, 6.45) is 6.69. The maximum absolute atomic E-state index is 13.2. The Morgan fingerprint density at radius 3 is 2.62 bits per heavy atom. The summed E-state index contributed by atoms with van der Waals surface area (Å²) in [6, 6.07) is 3.56. The zero-order valence-electron chi connectivity index (χ0n) is 15.0. The van der Waals surface area contributed by atoms with E-state index in [1.165, 1.54) is 0 Å². The van der Waals surface area contributed by atoms with E-state index in [4.69, 9.17) is 0 Å². The molecule has 5 nitrogen and oxygen atoms in total. The predicted octanol–water partition coefficient (Wildman–Crippen LogP) is 3.61. The van der Waals surface area contributed by atoms with E-state index in [-0.39, 0.29) is 22.8 Å². The minimum atomic E-state index is -3.69. The Morgan fingerprint density at radius 2 is 1.92 bits per heavy atom. The smallest absolute Gasteiger partial charge is 0.242 e. The molecule has 3 aliphatic rings. The predicted molar refractivity (Wildman–Crippen MR) is 105 cm³/mol. The Bertz CT molecular complexity index is 835. The van der Waals surface area contributed by atoms with Crippen molar-refractivity contribution in [3.63, 3.8) is 0 Å². The van der Waals surface area contributed by atoms with Gasteiger partial charge in [0.15, 0.2) is 0 Å². The van der Waals surface area contributed by atoms with Gasteiger partial charge in [-0.1, -0.05) is 35.7 Å². The number of anilines is 1. The van der Waals surface area contributed by atoms with Crippen LogP contribution >= 0.6 is 15.9 Å². The molecule has 2 saturated carbocycles. The fourth-order valence-electron chi connectivity index (χ4n) is 4.20. The van der Waals surface area contributed by atoms with Gasteiger partial charge in [-0.3, -0.25) is 4.79 Å². The number of fused-ring (bicyclic) bond motifs is 1. The highest BCUT2D eigenvalue weighted by Crippen LogP contribution is 2.41. The van der Waals surface area contributed by atoms with Gasteiger partial charge in [-0.2, -0.15) is 0 Å². The van der Waals surface area contributed by atoms with Gasteiger partial charge in [0.2, 0.25) is 15.9 Å². The van der Waals surface area contributed by atoms with Crippen LogP contribution in [0.4, 0.5) is 5.69 Å². The molecule has 0 saturated heterocycles. The molecular formula is C19H25BrN2O3S. The molecule has 2 fully saturated rings. The van der Waals surface area contributed by atoms with Crippen molar-refractivity contribution in [3.8, 4) is 0 Å². The Labute approximate surface area is 163 Å². The minimum absolute atomic E-state index is 0.0302. The van der Waals surface area contributed by atoms with Crippen molar-refractivity contribution < 1.29 is 13.2 Å². The van der Waals surface area contributed by atoms with Crippen molar-refractivity contribution in [2.24, 2.45) is 11.8 Å². The molecule has 0 aromatic heterocycles. The van der Waals surface area contributed by atoms with Crippen molar-refractivity contribution in [3.05, 3.63) is 22.2 Å². The van der Waals surface area contributed by atoms with Crippen molar-refractivity contribution in [1.82, 2.24) is 4.72 Å². The number of halogens is 1. The van der Waals surface area contributed by atoms with Crippen LogP contribution in [0.15, 0.2) is 21.5 Å². The highest BCUT2D eigenvalue weighted by Gasteiger charge is 2.40. The second kappa shape index (κ2) is 6.91. The first-order valence-corrected chi connectivity index (χ1v) is 11.8. The summed E-state index contributed by atoms with van der Waals surface area (Å²) < 4.78 is 30.2. The number of hydrogen-bond donors (Lipinski definition) is 1. The summed E-state index contributed by atoms with van der Waals surface area (Å²) in [4.78, 5) is 14.6. The van der Waals surface area contributed by atoms with Crippen molar-refractivity contribution in [1.29, 1.82) is 0 Å². The molecule has 142 valence electrons. The average Bonchev–Trinajstić information content (AvgIpc) is 3.35. The lowest BCUT2D eigenvalue weighted by molar-refractivity contribution is -0.119. The van der Waals surface area contributed by atoms with E-state index in [0.717, 1.165) is 48.6 Å². The van der Waals surface area contributed by atoms with Gasteiger partial charge in [-0.15, -0.1) is 0 Å². The Hall–Kier alpha value is -0.920. The molecule has 26 heavy (non-hydrogen) atoms. The van der Waals surface area contributed by atoms with E-state index >= 15 is 0 Å². The van der Waals surface area contributed by atoms with Gasteiger partial charge in [0.1, 0.15) is 4.90 Å². The van der Waals surface area contributed by atoms with Crippen LogP contribution in [0.2, 0.25) is 0 Å². The fraction of sp³-hybridized carbons (Fsp3) is 0.632. The molecule has 7 heteroatoms. The third kappa shape index (κ3) is 3.45. The van der Waals surface area contributed by atoms with Crippen molar-refractivity contribution in [2.45, 2.75) is 62.8 Å². The summed E-state index contributed by atoms with van der Waals surface area (Å²) in [5, 5.41) is 0. The third-order valence-electron chi connectivity index (χ3n) is 5.89. The van der Waals surface area contributed by atoms with Gasteiger partial charge >= 0.3 is 0 Å². The molecule has 0 bridgehead atoms. The number of rotatable bonds is 4. The lowest BCUT2D eigenvalue weighted by Crippen LogP contribution is -2.41. The normalized spacial score (nSPS) is 26.0. The SMILES string of the molecule is C[C@@H]1CCCC[C@H]1NS(=O)(=O)c1cc(Br)cc2c1N(C(=O)C1CC1)CC2. The van der Waals surface area contributed by atoms with Crippen LogP contribution in [0.3, 0.4) is 0 Å². The number of hydrogen-bond acceptors (Lipinski definition) is 3. The minimum Gasteiger partial charge on any atom is -0.310 e. The summed E-state index contributed by atoms with van der Waals surface area (Å²) in [5.41, 5.74) is 1.53. The van der Waals surface area contributed by atoms with Crippen LogP contribution in [-0.4, -0.2) is 26.9 Å². The summed E-state index contributed by atoms with van der Waals surface area (Å²) in [7, 11) is -3.69. The number of sulfonamides is 1. The first kappa shape index (κ1) is 18.4. The van der Waals surface area contributed by atoms with E-state index in [9.17, 15) is 13.2 Å². The van der Waals surface area contributed by atoms with E-state index in [2.05, 4.69) is 27.6 Å². The van der Waals surface area contributed by atoms with Crippen LogP contribution in [0, 0.1) is 11.8 Å². The Morgan fingerprint density at radius 1 is 1.19 bits per heavy atom. The molecule has 1 N–H and O–H groups in total. The van der Waals surface area contributed by atoms with Crippen LogP contribution in [0.5, 0.6) is 0 Å². The van der Waals surface area contributed by atoms with Crippen molar-refractivity contribution >= 4 is 37.5 Å². The van der Waals surface area contributed by atoms with E-state index < -0.39 is 10.0 Å². The molecule has 0 unspecified atom stereocenters. The van der Waals surface area contributed by atoms with E-state index in [1.54, 1.807) is 11.0 Å². The molecule has 1 aromatic rings. The molecule has 0 radical (unpaired) electrons. The largest absolute Gasteiger partial charge is 0.310 e. The van der Waals surface area contributed by atoms with E-state index in [0.29, 0.717) is 24.6 Å². The number of carbonyl (C=O) groups is 1. The molecule has 0 spiro atoms. The van der Waals surface area contributed by atoms with E-state index in [1.807, 2.05) is 6.07 Å². The fourth-order valence-corrected chi connectivity index (χ4v) is 6.51. The van der Waals surface area contributed by atoms with Gasteiger partial charge in [0.25, 0.3) is 0 Å². The highest BCUT2D eigenvalue weighted by atomic mass is 79.9. The molecule has 1 heterocycles. The number of benzene rings is 1. The number of carbonyl (C=O) groups excluding carboxylic acids is 1. The van der Waals surface area contributed by atoms with Crippen LogP contribution in [0.25, 0.3) is 0 Å². The lowest BCUT2D eigenvalue weighted by atomic mass is 9.87. The molecule has 4 rings (SSSR count). The topological polar surface area (TPSA) is 66.5 Å². The molecule has 1 amide bonds. The number of amides is 1. The molecule has 1 aliphatic heterocycles. The molecule has 2 atom stereocenters. The Kier molecular flexibility index (Phi) is 4.90. The van der Waals surface area contributed by atoms with Crippen LogP contribution < -0.4 is 9.62 Å². The molecule has 2 aliphatic carbocycles. The maximum atomic E-state index is 13.2. The third-order valence-corrected chi connectivity index (χ3v) is 7.85. The zero-order chi connectivity index (χ0) is 18.5. The molecule has 1 aromatic carbocycles. The van der Waals surface area contributed by atoms with Gasteiger partial charge < -0.3 is 4.90 Å². The van der Waals surface area contributed by atoms with Gasteiger partial charge in [-0.25, -0.2) is 13.1 Å². The van der Waals surface area contributed by atoms with Gasteiger partial charge in [0.05, 0.1) is 5.69 Å². The molecular weight excluding hydrogens is 416 g/mol. The first-order chi connectivity index (χ1) is 12.4. The summed E-state index contributed by atoms with van der Waals surface area (Å²) in [6.45, 7) is 2.68. The van der Waals surface area contributed by atoms with Gasteiger partial charge in [0, 0.05) is 23.0 Å². The number of nitrogens with one attached hydrogen (secondary N) is 1. The standard InChI is InChI=1S/C19H25BrN2O3S/c1-12-4-2-3-5-16(12)21-26(24,25)17-11-15(20)10-14-8-9-22(18(14)17)19(23)13-6-7-13/h10-13,16,21H,2-9H2,1H3/t12-,16-/m1/s1. The van der Waals surface area contributed by atoms with Crippen LogP contribution in [0.1, 0.15) is 51.0 Å².